The minimum atomic E-state index is -0.346. The van der Waals surface area contributed by atoms with Gasteiger partial charge in [0.15, 0.2) is 5.82 Å². The van der Waals surface area contributed by atoms with Gasteiger partial charge >= 0.3 is 0 Å². The number of imidazole rings is 1. The van der Waals surface area contributed by atoms with E-state index in [-0.39, 0.29) is 11.7 Å². The summed E-state index contributed by atoms with van der Waals surface area (Å²) in [6.07, 6.45) is 9.17. The number of hydrogen-bond acceptors (Lipinski definition) is 5. The molecule has 9 heteroatoms. The molecule has 7 nitrogen and oxygen atoms in total. The Kier molecular flexibility index (Phi) is 5.68. The number of pyridine rings is 1. The first kappa shape index (κ1) is 21.3. The molecule has 0 N–H and O–H groups in total. The minimum Gasteiger partial charge on any atom is -0.479 e. The normalized spacial score (nSPS) is 15.7. The Balaban J connectivity index is 1.42. The molecule has 0 aliphatic carbocycles. The summed E-state index contributed by atoms with van der Waals surface area (Å²) in [7, 11) is 1.59. The number of halogens is 2. The molecule has 33 heavy (non-hydrogen) atoms. The molecule has 0 saturated carbocycles. The van der Waals surface area contributed by atoms with Crippen molar-refractivity contribution in [2.24, 2.45) is 0 Å². The second-order valence-electron chi connectivity index (χ2n) is 7.93. The summed E-state index contributed by atoms with van der Waals surface area (Å²) in [5.74, 6) is 1.56. The van der Waals surface area contributed by atoms with Gasteiger partial charge in [-0.25, -0.2) is 24.0 Å². The second-order valence-corrected chi connectivity index (χ2v) is 8.34. The zero-order chi connectivity index (χ0) is 22.9. The van der Waals surface area contributed by atoms with Gasteiger partial charge in [-0.1, -0.05) is 17.7 Å². The minimum absolute atomic E-state index is 0.0161. The van der Waals surface area contributed by atoms with Crippen LogP contribution >= 0.6 is 11.6 Å². The number of benzene rings is 1. The zero-order valence-electron chi connectivity index (χ0n) is 18.2. The van der Waals surface area contributed by atoms with E-state index in [2.05, 4.69) is 15.1 Å². The van der Waals surface area contributed by atoms with E-state index in [9.17, 15) is 4.39 Å². The van der Waals surface area contributed by atoms with Gasteiger partial charge in [-0.2, -0.15) is 5.10 Å². The molecular weight excluding hydrogens is 443 g/mol. The van der Waals surface area contributed by atoms with Crippen molar-refractivity contribution in [1.82, 2.24) is 29.3 Å². The van der Waals surface area contributed by atoms with Crippen molar-refractivity contribution in [2.45, 2.75) is 32.2 Å². The first-order chi connectivity index (χ1) is 16.0. The van der Waals surface area contributed by atoms with E-state index < -0.39 is 0 Å². The maximum atomic E-state index is 13.5. The van der Waals surface area contributed by atoms with Crippen molar-refractivity contribution < 1.29 is 9.13 Å². The molecule has 0 bridgehead atoms. The van der Waals surface area contributed by atoms with Gasteiger partial charge in [0.2, 0.25) is 5.88 Å². The molecular formula is C24H22ClFN6O. The number of rotatable bonds is 5. The molecule has 168 valence electrons. The molecule has 5 rings (SSSR count). The van der Waals surface area contributed by atoms with Crippen LogP contribution in [0.4, 0.5) is 4.39 Å². The van der Waals surface area contributed by atoms with Crippen LogP contribution in [0.5, 0.6) is 5.88 Å². The van der Waals surface area contributed by atoms with Crippen molar-refractivity contribution in [1.29, 1.82) is 0 Å². The number of aryl methyl sites for hydroxylation is 2. The monoisotopic (exact) mass is 464 g/mol. The van der Waals surface area contributed by atoms with Crippen LogP contribution in [-0.2, 0) is 6.54 Å². The summed E-state index contributed by atoms with van der Waals surface area (Å²) >= 11 is 6.33. The van der Waals surface area contributed by atoms with Crippen molar-refractivity contribution in [3.05, 3.63) is 82.3 Å². The van der Waals surface area contributed by atoms with E-state index in [1.807, 2.05) is 46.7 Å². The Labute approximate surface area is 195 Å². The summed E-state index contributed by atoms with van der Waals surface area (Å²) in [6, 6.07) is 8.36. The van der Waals surface area contributed by atoms with Gasteiger partial charge in [-0.15, -0.1) is 0 Å². The van der Waals surface area contributed by atoms with Crippen molar-refractivity contribution in [3.8, 4) is 11.6 Å². The van der Waals surface area contributed by atoms with E-state index in [0.29, 0.717) is 16.7 Å². The van der Waals surface area contributed by atoms with E-state index in [1.165, 1.54) is 12.1 Å². The van der Waals surface area contributed by atoms with Gasteiger partial charge in [0.05, 0.1) is 24.8 Å². The molecule has 1 aliphatic rings. The number of aromatic nitrogens is 6. The standard InChI is InChI=1S/C24H22ClFN6O/c1-15-13-31(14-27-15)21-9-6-17(28-24(21)33-2)7-10-22-29-23-19(4-3-11-32(23)30-22)18-8-5-16(26)12-20(18)25/h5-10,12-14,19H,3-4,11H2,1-2H3/b10-7+. The third-order valence-electron chi connectivity index (χ3n) is 5.68. The molecule has 0 amide bonds. The molecule has 4 heterocycles. The Morgan fingerprint density at radius 2 is 2.06 bits per heavy atom. The van der Waals surface area contributed by atoms with Gasteiger partial charge in [-0.05, 0) is 61.7 Å². The molecule has 0 fully saturated rings. The number of ether oxygens (including phenoxy) is 1. The Hall–Kier alpha value is -3.52. The highest BCUT2D eigenvalue weighted by Crippen LogP contribution is 2.36. The average Bonchev–Trinajstić information content (AvgIpc) is 3.43. The van der Waals surface area contributed by atoms with Gasteiger partial charge in [0, 0.05) is 23.7 Å². The number of nitrogens with zero attached hydrogens (tertiary/aromatic N) is 6. The van der Waals surface area contributed by atoms with Crippen molar-refractivity contribution >= 4 is 23.8 Å². The average molecular weight is 465 g/mol. The number of hydrogen-bond donors (Lipinski definition) is 0. The lowest BCUT2D eigenvalue weighted by atomic mass is 9.91. The lowest BCUT2D eigenvalue weighted by molar-refractivity contribution is 0.395. The predicted octanol–water partition coefficient (Wildman–Crippen LogP) is 5.06. The molecule has 1 aliphatic heterocycles. The maximum Gasteiger partial charge on any atom is 0.238 e. The lowest BCUT2D eigenvalue weighted by Crippen LogP contribution is -2.18. The van der Waals surface area contributed by atoms with Crippen LogP contribution in [-0.4, -0.2) is 36.4 Å². The SMILES string of the molecule is COc1nc(/C=C/c2nc3n(n2)CCCC3c2ccc(F)cc2Cl)ccc1-n1cnc(C)c1. The molecule has 0 radical (unpaired) electrons. The first-order valence-corrected chi connectivity index (χ1v) is 11.0. The van der Waals surface area contributed by atoms with Crippen LogP contribution in [0, 0.1) is 12.7 Å². The van der Waals surface area contributed by atoms with Crippen LogP contribution in [0.1, 0.15) is 47.4 Å². The molecule has 0 spiro atoms. The largest absolute Gasteiger partial charge is 0.479 e. The summed E-state index contributed by atoms with van der Waals surface area (Å²) in [6.45, 7) is 2.72. The van der Waals surface area contributed by atoms with E-state index in [4.69, 9.17) is 21.3 Å². The van der Waals surface area contributed by atoms with Gasteiger partial charge in [0.1, 0.15) is 17.3 Å². The Morgan fingerprint density at radius 3 is 2.82 bits per heavy atom. The summed E-state index contributed by atoms with van der Waals surface area (Å²) < 4.78 is 22.8. The third kappa shape index (κ3) is 4.26. The van der Waals surface area contributed by atoms with E-state index >= 15 is 0 Å². The van der Waals surface area contributed by atoms with Gasteiger partial charge in [-0.3, -0.25) is 0 Å². The fourth-order valence-electron chi connectivity index (χ4n) is 4.12. The zero-order valence-corrected chi connectivity index (χ0v) is 19.0. The molecule has 0 saturated heterocycles. The van der Waals surface area contributed by atoms with Crippen molar-refractivity contribution in [2.75, 3.05) is 7.11 Å². The lowest BCUT2D eigenvalue weighted by Gasteiger charge is -2.23. The highest BCUT2D eigenvalue weighted by molar-refractivity contribution is 6.31. The smallest absolute Gasteiger partial charge is 0.238 e. The van der Waals surface area contributed by atoms with Crippen LogP contribution in [0.25, 0.3) is 17.8 Å². The van der Waals surface area contributed by atoms with Crippen LogP contribution in [0.15, 0.2) is 42.9 Å². The maximum absolute atomic E-state index is 13.5. The fourth-order valence-corrected chi connectivity index (χ4v) is 4.42. The van der Waals surface area contributed by atoms with Crippen molar-refractivity contribution in [3.63, 3.8) is 0 Å². The fraction of sp³-hybridized carbons (Fsp3) is 0.250. The summed E-state index contributed by atoms with van der Waals surface area (Å²) in [5, 5.41) is 5.04. The Bertz CT molecular complexity index is 1340. The van der Waals surface area contributed by atoms with Gasteiger partial charge in [0.25, 0.3) is 0 Å². The molecule has 4 aromatic rings. The highest BCUT2D eigenvalue weighted by atomic mass is 35.5. The third-order valence-corrected chi connectivity index (χ3v) is 6.00. The van der Waals surface area contributed by atoms with Crippen LogP contribution in [0.3, 0.4) is 0 Å². The summed E-state index contributed by atoms with van der Waals surface area (Å²) in [4.78, 5) is 13.6. The molecule has 1 aromatic carbocycles. The topological polar surface area (TPSA) is 70.7 Å². The molecule has 1 unspecified atom stereocenters. The second kappa shape index (κ2) is 8.78. The molecule has 1 atom stereocenters. The van der Waals surface area contributed by atoms with E-state index in [1.54, 1.807) is 19.5 Å². The van der Waals surface area contributed by atoms with Crippen LogP contribution < -0.4 is 4.74 Å². The Morgan fingerprint density at radius 1 is 1.18 bits per heavy atom. The highest BCUT2D eigenvalue weighted by Gasteiger charge is 2.27. The molecule has 3 aromatic heterocycles. The van der Waals surface area contributed by atoms with Crippen LogP contribution in [0.2, 0.25) is 5.02 Å². The van der Waals surface area contributed by atoms with Gasteiger partial charge < -0.3 is 9.30 Å². The first-order valence-electron chi connectivity index (χ1n) is 10.7. The summed E-state index contributed by atoms with van der Waals surface area (Å²) in [5.41, 5.74) is 3.32. The number of methoxy groups -OCH3 is 1. The quantitative estimate of drug-likeness (QED) is 0.412. The van der Waals surface area contributed by atoms with E-state index in [0.717, 1.165) is 47.8 Å². The number of fused-ring (bicyclic) bond motifs is 1. The predicted molar refractivity (Wildman–Crippen MR) is 124 cm³/mol.